The van der Waals surface area contributed by atoms with Crippen LogP contribution in [0.2, 0.25) is 0 Å². The van der Waals surface area contributed by atoms with Gasteiger partial charge in [-0.05, 0) is 38.2 Å². The fourth-order valence-corrected chi connectivity index (χ4v) is 5.06. The summed E-state index contributed by atoms with van der Waals surface area (Å²) in [7, 11) is 0. The second-order valence-corrected chi connectivity index (χ2v) is 9.22. The maximum atomic E-state index is 13.4. The van der Waals surface area contributed by atoms with Gasteiger partial charge in [-0.3, -0.25) is 19.3 Å². The van der Waals surface area contributed by atoms with Crippen LogP contribution in [-0.2, 0) is 20.8 Å². The number of aryl methyl sites for hydroxylation is 1. The van der Waals surface area contributed by atoms with Gasteiger partial charge in [-0.15, -0.1) is 0 Å². The molecule has 3 heterocycles. The number of nitrogens with zero attached hydrogens (tertiary/aromatic N) is 3. The van der Waals surface area contributed by atoms with E-state index in [4.69, 9.17) is 0 Å². The van der Waals surface area contributed by atoms with Gasteiger partial charge in [-0.1, -0.05) is 36.8 Å². The van der Waals surface area contributed by atoms with E-state index < -0.39 is 5.54 Å². The van der Waals surface area contributed by atoms with Crippen molar-refractivity contribution in [2.24, 2.45) is 0 Å². The molecule has 1 atom stereocenters. The minimum atomic E-state index is -0.921. The fourth-order valence-electron chi connectivity index (χ4n) is 5.06. The van der Waals surface area contributed by atoms with Gasteiger partial charge in [0, 0.05) is 32.6 Å². The number of hydrogen-bond donors (Lipinski definition) is 1. The number of hydrogen-bond acceptors (Lipinski definition) is 4. The summed E-state index contributed by atoms with van der Waals surface area (Å²) in [4.78, 5) is 56.0. The van der Waals surface area contributed by atoms with Crippen molar-refractivity contribution < 1.29 is 19.2 Å². The first-order chi connectivity index (χ1) is 15.3. The van der Waals surface area contributed by atoms with Crippen LogP contribution in [0.4, 0.5) is 4.79 Å². The normalized spacial score (nSPS) is 22.9. The number of imide groups is 1. The number of amides is 5. The summed E-state index contributed by atoms with van der Waals surface area (Å²) in [6.07, 6.45) is 3.08. The molecule has 3 aliphatic heterocycles. The van der Waals surface area contributed by atoms with E-state index in [0.29, 0.717) is 58.3 Å². The third-order valence-electron chi connectivity index (χ3n) is 7.06. The van der Waals surface area contributed by atoms with Crippen LogP contribution in [-0.4, -0.2) is 76.2 Å². The molecule has 172 valence electrons. The number of benzene rings is 1. The molecule has 8 heteroatoms. The first-order valence-corrected chi connectivity index (χ1v) is 11.6. The summed E-state index contributed by atoms with van der Waals surface area (Å²) in [5.41, 5.74) is 1.19. The lowest BCUT2D eigenvalue weighted by molar-refractivity contribution is -0.141. The zero-order chi connectivity index (χ0) is 22.9. The first kappa shape index (κ1) is 22.3. The number of carbonyl (C=O) groups excluding carboxylic acids is 4. The van der Waals surface area contributed by atoms with Gasteiger partial charge in [0.2, 0.25) is 11.8 Å². The Balaban J connectivity index is 1.40. The van der Waals surface area contributed by atoms with Gasteiger partial charge in [-0.25, -0.2) is 4.79 Å². The quantitative estimate of drug-likeness (QED) is 0.724. The molecule has 0 aromatic heterocycles. The molecular weight excluding hydrogens is 408 g/mol. The van der Waals surface area contributed by atoms with Gasteiger partial charge in [0.25, 0.3) is 5.91 Å². The van der Waals surface area contributed by atoms with Gasteiger partial charge in [0.15, 0.2) is 0 Å². The van der Waals surface area contributed by atoms with Crippen molar-refractivity contribution in [1.82, 2.24) is 20.0 Å². The molecule has 1 N–H and O–H groups in total. The van der Waals surface area contributed by atoms with Crippen LogP contribution in [0, 0.1) is 6.92 Å². The summed E-state index contributed by atoms with van der Waals surface area (Å²) in [6, 6.07) is 7.23. The molecule has 32 heavy (non-hydrogen) atoms. The lowest BCUT2D eigenvalue weighted by Gasteiger charge is -2.39. The molecule has 3 saturated heterocycles. The molecule has 1 spiro atoms. The monoisotopic (exact) mass is 440 g/mol. The number of rotatable bonds is 4. The maximum absolute atomic E-state index is 13.4. The number of carbonyl (C=O) groups is 4. The Morgan fingerprint density at radius 1 is 1.03 bits per heavy atom. The van der Waals surface area contributed by atoms with E-state index >= 15 is 0 Å². The molecule has 0 saturated carbocycles. The van der Waals surface area contributed by atoms with E-state index in [0.717, 1.165) is 17.5 Å². The average Bonchev–Trinajstić information content (AvgIpc) is 3.04. The Labute approximate surface area is 188 Å². The third-order valence-corrected chi connectivity index (χ3v) is 7.06. The molecule has 1 aromatic rings. The highest BCUT2D eigenvalue weighted by Crippen LogP contribution is 2.32. The second kappa shape index (κ2) is 8.92. The number of piperidine rings is 2. The smallest absolute Gasteiger partial charge is 0.325 e. The molecular formula is C24H32N4O4. The van der Waals surface area contributed by atoms with E-state index in [2.05, 4.69) is 5.32 Å². The molecule has 0 bridgehead atoms. The molecule has 0 radical (unpaired) electrons. The molecule has 0 aliphatic carbocycles. The van der Waals surface area contributed by atoms with Crippen molar-refractivity contribution in [2.75, 3.05) is 26.2 Å². The van der Waals surface area contributed by atoms with Crippen LogP contribution in [0.3, 0.4) is 0 Å². The van der Waals surface area contributed by atoms with E-state index in [1.807, 2.05) is 38.1 Å². The minimum absolute atomic E-state index is 0.0201. The highest BCUT2D eigenvalue weighted by molar-refractivity contribution is 6.07. The predicted molar refractivity (Wildman–Crippen MR) is 119 cm³/mol. The lowest BCUT2D eigenvalue weighted by Crippen LogP contribution is -2.57. The van der Waals surface area contributed by atoms with Gasteiger partial charge >= 0.3 is 6.03 Å². The van der Waals surface area contributed by atoms with E-state index in [1.54, 1.807) is 9.80 Å². The summed E-state index contributed by atoms with van der Waals surface area (Å²) < 4.78 is 0. The summed E-state index contributed by atoms with van der Waals surface area (Å²) in [6.45, 7) is 5.80. The van der Waals surface area contributed by atoms with E-state index in [-0.39, 0.29) is 29.8 Å². The third kappa shape index (κ3) is 4.23. The Morgan fingerprint density at radius 3 is 2.38 bits per heavy atom. The zero-order valence-electron chi connectivity index (χ0n) is 18.9. The first-order valence-electron chi connectivity index (χ1n) is 11.6. The summed E-state index contributed by atoms with van der Waals surface area (Å²) >= 11 is 0. The Kier molecular flexibility index (Phi) is 6.22. The zero-order valence-corrected chi connectivity index (χ0v) is 18.9. The molecule has 5 amide bonds. The molecule has 1 aromatic carbocycles. The molecule has 3 aliphatic rings. The van der Waals surface area contributed by atoms with Gasteiger partial charge in [0.1, 0.15) is 5.54 Å². The molecule has 4 rings (SSSR count). The second-order valence-electron chi connectivity index (χ2n) is 9.22. The van der Waals surface area contributed by atoms with E-state index in [1.165, 1.54) is 4.90 Å². The number of likely N-dealkylation sites (tertiary alicyclic amines) is 2. The molecule has 3 fully saturated rings. The van der Waals surface area contributed by atoms with Crippen molar-refractivity contribution in [3.8, 4) is 0 Å². The van der Waals surface area contributed by atoms with Gasteiger partial charge < -0.3 is 15.1 Å². The maximum Gasteiger partial charge on any atom is 0.325 e. The van der Waals surface area contributed by atoms with Crippen LogP contribution >= 0.6 is 0 Å². The van der Waals surface area contributed by atoms with Crippen LogP contribution in [0.25, 0.3) is 0 Å². The number of urea groups is 1. The largest absolute Gasteiger partial charge is 0.343 e. The van der Waals surface area contributed by atoms with Crippen molar-refractivity contribution in [3.63, 3.8) is 0 Å². The van der Waals surface area contributed by atoms with Crippen molar-refractivity contribution >= 4 is 23.8 Å². The van der Waals surface area contributed by atoms with Gasteiger partial charge in [0.05, 0.1) is 12.5 Å². The highest BCUT2D eigenvalue weighted by Gasteiger charge is 2.54. The SMILES string of the molecule is CCC(=O)N1CCC2(CC1)NC(=O)N(C1CCCN(C(=O)Cc3ccc(C)cc3)C1)C2=O. The van der Waals surface area contributed by atoms with Crippen molar-refractivity contribution in [1.29, 1.82) is 0 Å². The van der Waals surface area contributed by atoms with Crippen LogP contribution in [0.1, 0.15) is 50.2 Å². The fraction of sp³-hybridized carbons (Fsp3) is 0.583. The molecule has 1 unspecified atom stereocenters. The number of nitrogens with one attached hydrogen (secondary N) is 1. The Hall–Kier alpha value is -2.90. The van der Waals surface area contributed by atoms with Crippen LogP contribution in [0.5, 0.6) is 0 Å². The highest BCUT2D eigenvalue weighted by atomic mass is 16.2. The van der Waals surface area contributed by atoms with E-state index in [9.17, 15) is 19.2 Å². The Bertz CT molecular complexity index is 905. The Morgan fingerprint density at radius 2 is 1.72 bits per heavy atom. The van der Waals surface area contributed by atoms with Crippen molar-refractivity contribution in [2.45, 2.75) is 64.0 Å². The minimum Gasteiger partial charge on any atom is -0.343 e. The van der Waals surface area contributed by atoms with Crippen LogP contribution < -0.4 is 5.32 Å². The molecule has 8 nitrogen and oxygen atoms in total. The standard InChI is InChI=1S/C24H32N4O4/c1-3-20(29)26-13-10-24(11-14-26)22(31)28(23(32)25-24)19-5-4-12-27(16-19)21(30)15-18-8-6-17(2)7-9-18/h6-9,19H,3-5,10-16H2,1-2H3,(H,25,32). The summed E-state index contributed by atoms with van der Waals surface area (Å²) in [5.74, 6) is -0.112. The lowest BCUT2D eigenvalue weighted by atomic mass is 9.87. The average molecular weight is 441 g/mol. The van der Waals surface area contributed by atoms with Gasteiger partial charge in [-0.2, -0.15) is 0 Å². The topological polar surface area (TPSA) is 90.0 Å². The predicted octanol–water partition coefficient (Wildman–Crippen LogP) is 1.85. The van der Waals surface area contributed by atoms with Crippen molar-refractivity contribution in [3.05, 3.63) is 35.4 Å². The van der Waals surface area contributed by atoms with Crippen LogP contribution in [0.15, 0.2) is 24.3 Å². The summed E-state index contributed by atoms with van der Waals surface area (Å²) in [5, 5.41) is 2.93.